The normalized spacial score (nSPS) is 20.8. The van der Waals surface area contributed by atoms with Crippen molar-refractivity contribution in [2.24, 2.45) is 13.0 Å². The third-order valence-corrected chi connectivity index (χ3v) is 8.78. The number of para-hydroxylation sites is 1. The molecule has 3 aromatic heterocycles. The van der Waals surface area contributed by atoms with Crippen molar-refractivity contribution in [3.8, 4) is 0 Å². The van der Waals surface area contributed by atoms with E-state index in [-0.39, 0.29) is 41.7 Å². The molecule has 276 valence electrons. The average molecular weight is 725 g/mol. The van der Waals surface area contributed by atoms with Crippen LogP contribution in [0.4, 0.5) is 15.0 Å². The number of amides is 1. The number of carbonyl (C=O) groups is 2. The Hall–Kier alpha value is -4.19. The molecule has 4 aromatic rings. The fourth-order valence-corrected chi connectivity index (χ4v) is 6.09. The quantitative estimate of drug-likeness (QED) is 0.227. The molecule has 50 heavy (non-hydrogen) atoms. The number of aromatic nitrogens is 5. The van der Waals surface area contributed by atoms with Gasteiger partial charge in [-0.25, -0.2) is 19.0 Å². The van der Waals surface area contributed by atoms with Crippen molar-refractivity contribution in [2.75, 3.05) is 11.9 Å². The van der Waals surface area contributed by atoms with Gasteiger partial charge in [0.05, 0.1) is 18.9 Å². The number of ketones is 1. The molecule has 1 fully saturated rings. The average Bonchev–Trinajstić information content (AvgIpc) is 3.68. The number of nitrogens with zero attached hydrogens (tertiary/aromatic N) is 5. The molecular weight excluding hydrogens is 679 g/mol. The predicted molar refractivity (Wildman–Crippen MR) is 185 cm³/mol. The summed E-state index contributed by atoms with van der Waals surface area (Å²) in [5, 5.41) is 22.7. The number of fused-ring (bicyclic) bond motifs is 3. The molecule has 1 aliphatic carbocycles. The summed E-state index contributed by atoms with van der Waals surface area (Å²) in [6, 6.07) is 8.21. The maximum absolute atomic E-state index is 14.1. The van der Waals surface area contributed by atoms with Crippen LogP contribution in [0.5, 0.6) is 0 Å². The van der Waals surface area contributed by atoms with Crippen LogP contribution in [-0.2, 0) is 29.5 Å². The molecule has 6 rings (SSSR count). The van der Waals surface area contributed by atoms with E-state index in [0.717, 1.165) is 65.3 Å². The molecule has 15 nitrogen and oxygen atoms in total. The summed E-state index contributed by atoms with van der Waals surface area (Å²) in [7, 11) is 2.06. The smallest absolute Gasteiger partial charge is 0.412 e. The van der Waals surface area contributed by atoms with Crippen molar-refractivity contribution in [2.45, 2.75) is 84.0 Å². The molecule has 1 aromatic carbocycles. The van der Waals surface area contributed by atoms with E-state index in [0.29, 0.717) is 6.42 Å². The monoisotopic (exact) mass is 724 g/mol. The number of ether oxygens (including phenoxy) is 2. The van der Waals surface area contributed by atoms with E-state index in [2.05, 4.69) is 43.6 Å². The van der Waals surface area contributed by atoms with Crippen LogP contribution in [0.2, 0.25) is 0 Å². The number of benzene rings is 1. The summed E-state index contributed by atoms with van der Waals surface area (Å²) < 4.78 is 29.2. The highest BCUT2D eigenvalue weighted by Gasteiger charge is 2.42. The predicted octanol–water partition coefficient (Wildman–Crippen LogP) is 2.66. The number of rotatable bonds is 8. The van der Waals surface area contributed by atoms with Gasteiger partial charge in [0.15, 0.2) is 23.6 Å². The zero-order valence-corrected chi connectivity index (χ0v) is 29.2. The number of halogens is 2. The maximum Gasteiger partial charge on any atom is 0.412 e. The Morgan fingerprint density at radius 3 is 2.52 bits per heavy atom. The van der Waals surface area contributed by atoms with Gasteiger partial charge in [-0.05, 0) is 39.2 Å². The fraction of sp³-hybridized carbons (Fsp3) is 0.485. The molecule has 0 bridgehead atoms. The SMILES string of the molecule is CCCCCOC(=O)Nc1nc(=O)n([C@@H]2O[C@H](C)[C@@H](O)[C@H]2O)cc1F.Cc1nccn1CC1CCc2c(c3ccccc3n2C)C1=O.Cl.O.O. The summed E-state index contributed by atoms with van der Waals surface area (Å²) in [5.74, 6) is -0.286. The highest BCUT2D eigenvalue weighted by Crippen LogP contribution is 2.34. The second-order valence-electron chi connectivity index (χ2n) is 11.9. The topological polar surface area (TPSA) is 226 Å². The summed E-state index contributed by atoms with van der Waals surface area (Å²) in [4.78, 5) is 44.3. The minimum absolute atomic E-state index is 0. The van der Waals surface area contributed by atoms with Crippen LogP contribution in [0, 0.1) is 18.7 Å². The number of imidazole rings is 1. The first-order valence-corrected chi connectivity index (χ1v) is 15.8. The van der Waals surface area contributed by atoms with Crippen LogP contribution < -0.4 is 11.0 Å². The number of carbonyl (C=O) groups excluding carboxylic acids is 2. The van der Waals surface area contributed by atoms with E-state index in [9.17, 15) is 29.0 Å². The number of aliphatic hydroxyl groups excluding tert-OH is 2. The first kappa shape index (κ1) is 42.0. The van der Waals surface area contributed by atoms with E-state index < -0.39 is 48.0 Å². The standard InChI is InChI=1S/C18H19N3O.C15H22FN3O6.ClH.2H2O/c1-12-19-9-10-21(12)11-13-7-8-16-17(18(13)22)14-5-3-4-6-15(14)20(16)2;1-3-4-5-6-24-15(23)18-12-9(16)7-19(14(22)17-12)13-11(21)10(20)8(2)25-13;;;/h3-6,9-10,13H,7-8,11H2,1-2H3;7-8,10-11,13,20-21H,3-6H2,1-2H3,(H,17,18,22,23);1H;2*1H2/t;8-,10-,11-,13-;;;/m.1.../s1. The van der Waals surface area contributed by atoms with E-state index in [1.165, 1.54) is 12.6 Å². The number of aliphatic hydroxyl groups is 2. The number of unbranched alkanes of at least 4 members (excludes halogenated alkanes) is 2. The number of hydrogen-bond donors (Lipinski definition) is 3. The number of anilines is 1. The van der Waals surface area contributed by atoms with E-state index >= 15 is 0 Å². The molecule has 17 heteroatoms. The molecular formula is C33H46ClFN6O9. The third-order valence-electron chi connectivity index (χ3n) is 8.78. The van der Waals surface area contributed by atoms with E-state index in [4.69, 9.17) is 9.47 Å². The lowest BCUT2D eigenvalue weighted by Crippen LogP contribution is -2.36. The third kappa shape index (κ3) is 8.75. The van der Waals surface area contributed by atoms with Crippen LogP contribution >= 0.6 is 12.4 Å². The van der Waals surface area contributed by atoms with Crippen molar-refractivity contribution in [1.29, 1.82) is 0 Å². The fourth-order valence-electron chi connectivity index (χ4n) is 6.09. The molecule has 2 aliphatic rings. The van der Waals surface area contributed by atoms with Gasteiger partial charge in [-0.2, -0.15) is 4.98 Å². The molecule has 0 spiro atoms. The van der Waals surface area contributed by atoms with Crippen LogP contribution in [0.3, 0.4) is 0 Å². The molecule has 4 heterocycles. The minimum atomic E-state index is -1.41. The van der Waals surface area contributed by atoms with Gasteiger partial charge in [-0.3, -0.25) is 14.7 Å². The van der Waals surface area contributed by atoms with Gasteiger partial charge in [-0.1, -0.05) is 38.0 Å². The highest BCUT2D eigenvalue weighted by atomic mass is 35.5. The van der Waals surface area contributed by atoms with Crippen molar-refractivity contribution < 1.29 is 44.6 Å². The molecule has 1 unspecified atom stereocenters. The van der Waals surface area contributed by atoms with Gasteiger partial charge in [0.25, 0.3) is 0 Å². The molecule has 5 atom stereocenters. The molecule has 1 saturated heterocycles. The van der Waals surface area contributed by atoms with Crippen molar-refractivity contribution in [1.82, 2.24) is 23.7 Å². The number of nitrogens with one attached hydrogen (secondary N) is 1. The Bertz CT molecular complexity index is 1810. The van der Waals surface area contributed by atoms with Crippen molar-refractivity contribution in [3.05, 3.63) is 76.2 Å². The lowest BCUT2D eigenvalue weighted by atomic mass is 9.85. The van der Waals surface area contributed by atoms with Gasteiger partial charge in [0.2, 0.25) is 0 Å². The number of aryl methyl sites for hydroxylation is 2. The Balaban J connectivity index is 0.000000329. The van der Waals surface area contributed by atoms with E-state index in [1.807, 2.05) is 32.2 Å². The molecule has 1 amide bonds. The molecule has 7 N–H and O–H groups in total. The summed E-state index contributed by atoms with van der Waals surface area (Å²) >= 11 is 0. The van der Waals surface area contributed by atoms with Crippen molar-refractivity contribution in [3.63, 3.8) is 0 Å². The summed E-state index contributed by atoms with van der Waals surface area (Å²) in [6.45, 7) is 6.40. The number of hydrogen-bond acceptors (Lipinski definition) is 9. The molecule has 0 radical (unpaired) electrons. The summed E-state index contributed by atoms with van der Waals surface area (Å²) in [5.41, 5.74) is 2.32. The van der Waals surface area contributed by atoms with Crippen LogP contribution in [0.15, 0.2) is 47.7 Å². The Morgan fingerprint density at radius 1 is 1.16 bits per heavy atom. The van der Waals surface area contributed by atoms with Gasteiger partial charge in [0.1, 0.15) is 18.0 Å². The Labute approximate surface area is 294 Å². The lowest BCUT2D eigenvalue weighted by Gasteiger charge is -2.23. The second kappa shape index (κ2) is 18.2. The maximum atomic E-state index is 14.1. The Kier molecular flexibility index (Phi) is 15.3. The molecule has 1 aliphatic heterocycles. The highest BCUT2D eigenvalue weighted by molar-refractivity contribution is 6.11. The zero-order chi connectivity index (χ0) is 33.8. The first-order valence-electron chi connectivity index (χ1n) is 15.8. The second-order valence-corrected chi connectivity index (χ2v) is 11.9. The Morgan fingerprint density at radius 2 is 1.88 bits per heavy atom. The molecule has 0 saturated carbocycles. The van der Waals surface area contributed by atoms with Gasteiger partial charge < -0.3 is 39.8 Å². The largest absolute Gasteiger partial charge is 0.449 e. The zero-order valence-electron chi connectivity index (χ0n) is 28.3. The first-order chi connectivity index (χ1) is 22.5. The minimum Gasteiger partial charge on any atom is -0.449 e. The van der Waals surface area contributed by atoms with Crippen LogP contribution in [0.25, 0.3) is 10.9 Å². The van der Waals surface area contributed by atoms with Gasteiger partial charge in [0, 0.05) is 54.1 Å². The number of Topliss-reactive ketones (excluding diaryl/α,β-unsaturated/α-hetero) is 1. The van der Waals surface area contributed by atoms with Crippen LogP contribution in [0.1, 0.15) is 67.6 Å². The van der Waals surface area contributed by atoms with Gasteiger partial charge in [-0.15, -0.1) is 12.4 Å². The van der Waals surface area contributed by atoms with Crippen molar-refractivity contribution >= 4 is 41.0 Å². The lowest BCUT2D eigenvalue weighted by molar-refractivity contribution is -0.0355. The van der Waals surface area contributed by atoms with E-state index in [1.54, 1.807) is 6.20 Å². The summed E-state index contributed by atoms with van der Waals surface area (Å²) in [6.07, 6.45) is 3.38. The van der Waals surface area contributed by atoms with Gasteiger partial charge >= 0.3 is 11.8 Å². The van der Waals surface area contributed by atoms with Crippen LogP contribution in [-0.4, -0.2) is 81.6 Å².